The lowest BCUT2D eigenvalue weighted by molar-refractivity contribution is 0.335. The van der Waals surface area contributed by atoms with Crippen LogP contribution in [0.2, 0.25) is 0 Å². The van der Waals surface area contributed by atoms with Crippen molar-refractivity contribution in [3.63, 3.8) is 0 Å². The fourth-order valence-corrected chi connectivity index (χ4v) is 4.51. The van der Waals surface area contributed by atoms with Gasteiger partial charge >= 0.3 is 0 Å². The second-order valence-corrected chi connectivity index (χ2v) is 7.69. The van der Waals surface area contributed by atoms with Crippen molar-refractivity contribution in [2.75, 3.05) is 32.7 Å². The summed E-state index contributed by atoms with van der Waals surface area (Å²) in [5, 5.41) is 8.36. The highest BCUT2D eigenvalue weighted by Crippen LogP contribution is 2.22. The van der Waals surface area contributed by atoms with Gasteiger partial charge in [0.1, 0.15) is 0 Å². The molecule has 2 heterocycles. The summed E-state index contributed by atoms with van der Waals surface area (Å²) in [6.45, 7) is 5.42. The van der Waals surface area contributed by atoms with E-state index in [-0.39, 0.29) is 43.3 Å². The highest BCUT2D eigenvalue weighted by Gasteiger charge is 2.29. The van der Waals surface area contributed by atoms with Crippen LogP contribution in [-0.2, 0) is 10.0 Å². The van der Waals surface area contributed by atoms with Crippen LogP contribution in [0.1, 0.15) is 6.92 Å². The average Bonchev–Trinajstić information content (AvgIpc) is 2.66. The van der Waals surface area contributed by atoms with Crippen molar-refractivity contribution in [3.8, 4) is 0 Å². The molecule has 148 valence electrons. The van der Waals surface area contributed by atoms with Gasteiger partial charge in [0.15, 0.2) is 0 Å². The summed E-state index contributed by atoms with van der Waals surface area (Å²) < 4.78 is 27.7. The molecule has 1 atom stereocenters. The maximum atomic E-state index is 13.1. The van der Waals surface area contributed by atoms with E-state index < -0.39 is 10.0 Å². The minimum absolute atomic E-state index is 0. The van der Waals surface area contributed by atoms with Crippen LogP contribution in [-0.4, -0.2) is 56.5 Å². The molecule has 0 bridgehead atoms. The first kappa shape index (κ1) is 25.3. The number of sulfonamides is 1. The van der Waals surface area contributed by atoms with Gasteiger partial charge < -0.3 is 10.6 Å². The number of halogens is 3. The zero-order valence-corrected chi connectivity index (χ0v) is 17.7. The van der Waals surface area contributed by atoms with Gasteiger partial charge in [-0.3, -0.25) is 4.98 Å². The standard InChI is InChI=1S/C16H22N4O2S.3ClH/c1-13-11-19-7-6-17-8-9-20(13)23(21,22)16-3-2-15-12-18-5-4-14(15)10-16;;;/h2-5,10,12-13,17,19H,6-9,11H2,1H3;3*1H. The summed E-state index contributed by atoms with van der Waals surface area (Å²) in [5.41, 5.74) is 0. The maximum Gasteiger partial charge on any atom is 0.243 e. The molecule has 2 N–H and O–H groups in total. The highest BCUT2D eigenvalue weighted by atomic mass is 35.5. The van der Waals surface area contributed by atoms with E-state index in [0.717, 1.165) is 23.9 Å². The molecule has 1 aliphatic rings. The van der Waals surface area contributed by atoms with Crippen LogP contribution < -0.4 is 10.6 Å². The third kappa shape index (κ3) is 5.66. The number of aromatic nitrogens is 1. The molecular formula is C16H25Cl3N4O2S. The Kier molecular flexibility index (Phi) is 10.9. The predicted octanol–water partition coefficient (Wildman–Crippen LogP) is 2.07. The molecule has 0 saturated carbocycles. The molecule has 1 aromatic carbocycles. The Balaban J connectivity index is 0.00000208. The van der Waals surface area contributed by atoms with Gasteiger partial charge in [0.25, 0.3) is 0 Å². The molecule has 0 spiro atoms. The first-order chi connectivity index (χ1) is 11.1. The maximum absolute atomic E-state index is 13.1. The molecular weight excluding hydrogens is 419 g/mol. The molecule has 26 heavy (non-hydrogen) atoms. The Labute approximate surface area is 173 Å². The van der Waals surface area contributed by atoms with E-state index >= 15 is 0 Å². The van der Waals surface area contributed by atoms with E-state index in [2.05, 4.69) is 15.6 Å². The number of hydrogen-bond acceptors (Lipinski definition) is 5. The molecule has 1 fully saturated rings. The van der Waals surface area contributed by atoms with Gasteiger partial charge in [0.05, 0.1) is 4.90 Å². The largest absolute Gasteiger partial charge is 0.314 e. The van der Waals surface area contributed by atoms with Gasteiger partial charge in [-0.1, -0.05) is 6.07 Å². The van der Waals surface area contributed by atoms with Crippen molar-refractivity contribution >= 4 is 58.0 Å². The van der Waals surface area contributed by atoms with Crippen LogP contribution >= 0.6 is 37.2 Å². The Morgan fingerprint density at radius 2 is 1.77 bits per heavy atom. The Bertz CT molecular complexity index is 792. The number of rotatable bonds is 2. The molecule has 0 amide bonds. The molecule has 3 rings (SSSR count). The topological polar surface area (TPSA) is 74.3 Å². The summed E-state index contributed by atoms with van der Waals surface area (Å²) in [6.07, 6.45) is 3.41. The molecule has 1 aromatic heterocycles. The number of benzene rings is 1. The van der Waals surface area contributed by atoms with E-state index in [1.165, 1.54) is 0 Å². The van der Waals surface area contributed by atoms with E-state index in [1.807, 2.05) is 19.1 Å². The van der Waals surface area contributed by atoms with E-state index in [9.17, 15) is 8.42 Å². The molecule has 2 aromatic rings. The summed E-state index contributed by atoms with van der Waals surface area (Å²) in [4.78, 5) is 4.40. The quantitative estimate of drug-likeness (QED) is 0.743. The molecule has 10 heteroatoms. The fourth-order valence-electron chi connectivity index (χ4n) is 2.84. The van der Waals surface area contributed by atoms with E-state index in [4.69, 9.17) is 0 Å². The van der Waals surface area contributed by atoms with Gasteiger partial charge in [-0.15, -0.1) is 37.2 Å². The van der Waals surface area contributed by atoms with Gasteiger partial charge in [0, 0.05) is 56.5 Å². The number of hydrogen-bond donors (Lipinski definition) is 2. The Hall–Kier alpha value is -0.670. The van der Waals surface area contributed by atoms with Gasteiger partial charge in [-0.05, 0) is 30.5 Å². The van der Waals surface area contributed by atoms with Crippen LogP contribution in [0.25, 0.3) is 10.8 Å². The molecule has 0 radical (unpaired) electrons. The summed E-state index contributed by atoms with van der Waals surface area (Å²) in [6, 6.07) is 6.95. The van der Waals surface area contributed by atoms with Gasteiger partial charge in [-0.25, -0.2) is 8.42 Å². The lowest BCUT2D eigenvalue weighted by Crippen LogP contribution is -2.45. The molecule has 1 saturated heterocycles. The van der Waals surface area contributed by atoms with Crippen LogP contribution in [0.4, 0.5) is 0 Å². The number of nitrogens with one attached hydrogen (secondary N) is 2. The van der Waals surface area contributed by atoms with Crippen molar-refractivity contribution in [3.05, 3.63) is 36.7 Å². The smallest absolute Gasteiger partial charge is 0.243 e. The normalized spacial score (nSPS) is 19.0. The minimum atomic E-state index is -3.53. The third-order valence-electron chi connectivity index (χ3n) is 4.14. The Morgan fingerprint density at radius 3 is 2.54 bits per heavy atom. The van der Waals surface area contributed by atoms with Crippen LogP contribution in [0.5, 0.6) is 0 Å². The average molecular weight is 444 g/mol. The summed E-state index contributed by atoms with van der Waals surface area (Å²) in [7, 11) is -3.53. The summed E-state index contributed by atoms with van der Waals surface area (Å²) >= 11 is 0. The zero-order chi connectivity index (χ0) is 16.3. The van der Waals surface area contributed by atoms with Crippen LogP contribution in [0, 0.1) is 0 Å². The van der Waals surface area contributed by atoms with Crippen molar-refractivity contribution in [1.82, 2.24) is 19.9 Å². The summed E-state index contributed by atoms with van der Waals surface area (Å²) in [5.74, 6) is 0. The van der Waals surface area contributed by atoms with Crippen LogP contribution in [0.15, 0.2) is 41.6 Å². The molecule has 6 nitrogen and oxygen atoms in total. The van der Waals surface area contributed by atoms with Crippen molar-refractivity contribution < 1.29 is 8.42 Å². The number of pyridine rings is 1. The lowest BCUT2D eigenvalue weighted by atomic mass is 10.2. The first-order valence-electron chi connectivity index (χ1n) is 7.86. The predicted molar refractivity (Wildman–Crippen MR) is 113 cm³/mol. The zero-order valence-electron chi connectivity index (χ0n) is 14.4. The monoisotopic (exact) mass is 442 g/mol. The number of nitrogens with zero attached hydrogens (tertiary/aromatic N) is 2. The Morgan fingerprint density at radius 1 is 1.04 bits per heavy atom. The lowest BCUT2D eigenvalue weighted by Gasteiger charge is -2.28. The first-order valence-corrected chi connectivity index (χ1v) is 9.30. The van der Waals surface area contributed by atoms with Crippen molar-refractivity contribution in [2.45, 2.75) is 17.9 Å². The van der Waals surface area contributed by atoms with E-state index in [1.54, 1.807) is 28.8 Å². The van der Waals surface area contributed by atoms with Gasteiger partial charge in [-0.2, -0.15) is 4.31 Å². The second-order valence-electron chi connectivity index (χ2n) is 5.80. The highest BCUT2D eigenvalue weighted by molar-refractivity contribution is 7.89. The fraction of sp³-hybridized carbons (Fsp3) is 0.438. The molecule has 0 aliphatic carbocycles. The van der Waals surface area contributed by atoms with Crippen LogP contribution in [0.3, 0.4) is 0 Å². The third-order valence-corrected chi connectivity index (χ3v) is 6.15. The van der Waals surface area contributed by atoms with Crippen molar-refractivity contribution in [2.24, 2.45) is 0 Å². The van der Waals surface area contributed by atoms with Crippen molar-refractivity contribution in [1.29, 1.82) is 0 Å². The molecule has 1 aliphatic heterocycles. The molecule has 1 unspecified atom stereocenters. The number of fused-ring (bicyclic) bond motifs is 1. The van der Waals surface area contributed by atoms with E-state index in [0.29, 0.717) is 24.5 Å². The second kappa shape index (κ2) is 11.2. The SMILES string of the molecule is CC1CNCCNCCN1S(=O)(=O)c1ccc2cnccc2c1.Cl.Cl.Cl. The minimum Gasteiger partial charge on any atom is -0.314 e. The van der Waals surface area contributed by atoms with Gasteiger partial charge in [0.2, 0.25) is 10.0 Å².